The first-order valence-corrected chi connectivity index (χ1v) is 17.4. The molecule has 1 aliphatic heterocycles. The SMILES string of the molecule is Cc1ccn([C@@H]2O[C@H](COP(=O)(NCc3ccccc3)OCCSC(=O)C(C)(C)CO)[C@@H](OC(=O)[C@@H](N)C(C)C)[C@@]2(C)O)c(=O)n1. The van der Waals surface area contributed by atoms with Crippen LogP contribution >= 0.6 is 19.5 Å². The molecule has 1 aromatic carbocycles. The molecular weight excluding hydrogens is 639 g/mol. The first-order chi connectivity index (χ1) is 21.5. The van der Waals surface area contributed by atoms with Crippen LogP contribution in [-0.2, 0) is 39.2 Å². The number of nitrogens with two attached hydrogens (primary N) is 1. The van der Waals surface area contributed by atoms with E-state index >= 15 is 0 Å². The van der Waals surface area contributed by atoms with Crippen molar-refractivity contribution in [2.45, 2.75) is 78.2 Å². The summed E-state index contributed by atoms with van der Waals surface area (Å²) in [5.74, 6) is -0.966. The van der Waals surface area contributed by atoms with Crippen LogP contribution in [0.5, 0.6) is 0 Å². The zero-order valence-corrected chi connectivity index (χ0v) is 28.7. The number of thioether (sulfide) groups is 1. The zero-order valence-electron chi connectivity index (χ0n) is 27.0. The quantitative estimate of drug-likeness (QED) is 0.114. The van der Waals surface area contributed by atoms with Gasteiger partial charge in [-0.2, -0.15) is 4.98 Å². The van der Waals surface area contributed by atoms with Crippen LogP contribution in [0, 0.1) is 18.3 Å². The van der Waals surface area contributed by atoms with Crippen LogP contribution in [0.2, 0.25) is 0 Å². The monoisotopic (exact) mass is 684 g/mol. The Bertz CT molecular complexity index is 1440. The third-order valence-electron chi connectivity index (χ3n) is 7.43. The summed E-state index contributed by atoms with van der Waals surface area (Å²) in [5.41, 5.74) is 3.62. The number of carbonyl (C=O) groups is 2. The van der Waals surface area contributed by atoms with Gasteiger partial charge in [0.1, 0.15) is 17.7 Å². The second kappa shape index (κ2) is 16.1. The van der Waals surface area contributed by atoms with Crippen LogP contribution in [0.25, 0.3) is 0 Å². The van der Waals surface area contributed by atoms with Crippen molar-refractivity contribution in [2.75, 3.05) is 25.6 Å². The molecule has 0 bridgehead atoms. The minimum Gasteiger partial charge on any atom is -0.455 e. The van der Waals surface area contributed by atoms with E-state index in [0.717, 1.165) is 21.9 Å². The van der Waals surface area contributed by atoms with Crippen LogP contribution in [-0.4, -0.2) is 80.3 Å². The number of aromatic nitrogens is 2. The lowest BCUT2D eigenvalue weighted by Crippen LogP contribution is -2.51. The van der Waals surface area contributed by atoms with E-state index in [0.29, 0.717) is 5.69 Å². The lowest BCUT2D eigenvalue weighted by atomic mass is 9.95. The summed E-state index contributed by atoms with van der Waals surface area (Å²) < 4.78 is 38.2. The van der Waals surface area contributed by atoms with Crippen molar-refractivity contribution in [3.63, 3.8) is 0 Å². The van der Waals surface area contributed by atoms with Gasteiger partial charge in [-0.05, 0) is 45.2 Å². The van der Waals surface area contributed by atoms with E-state index in [1.807, 2.05) is 30.3 Å². The molecule has 0 radical (unpaired) electrons. The first kappa shape index (κ1) is 38.0. The Kier molecular flexibility index (Phi) is 13.3. The van der Waals surface area contributed by atoms with Gasteiger partial charge >= 0.3 is 19.4 Å². The van der Waals surface area contributed by atoms with E-state index in [4.69, 9.17) is 24.3 Å². The number of nitrogens with zero attached hydrogens (tertiary/aromatic N) is 2. The Morgan fingerprint density at radius 2 is 1.91 bits per heavy atom. The third kappa shape index (κ3) is 9.78. The van der Waals surface area contributed by atoms with Crippen molar-refractivity contribution < 1.29 is 42.9 Å². The lowest BCUT2D eigenvalue weighted by Gasteiger charge is -2.31. The molecule has 1 fully saturated rings. The number of aryl methyl sites for hydroxylation is 1. The number of hydrogen-bond donors (Lipinski definition) is 4. The zero-order chi connectivity index (χ0) is 34.3. The van der Waals surface area contributed by atoms with E-state index in [1.54, 1.807) is 40.7 Å². The van der Waals surface area contributed by atoms with Crippen molar-refractivity contribution in [1.82, 2.24) is 14.6 Å². The van der Waals surface area contributed by atoms with Gasteiger partial charge in [-0.15, -0.1) is 0 Å². The van der Waals surface area contributed by atoms with Gasteiger partial charge in [-0.25, -0.2) is 14.4 Å². The highest BCUT2D eigenvalue weighted by Gasteiger charge is 2.57. The molecule has 1 aliphatic rings. The molecule has 1 saturated heterocycles. The first-order valence-electron chi connectivity index (χ1n) is 14.9. The van der Waals surface area contributed by atoms with Crippen molar-refractivity contribution in [3.8, 4) is 0 Å². The van der Waals surface area contributed by atoms with Crippen LogP contribution in [0.4, 0.5) is 0 Å². The molecular formula is C30H45N4O10PS. The van der Waals surface area contributed by atoms with Gasteiger partial charge in [0, 0.05) is 24.2 Å². The number of aliphatic hydroxyl groups excluding tert-OH is 1. The summed E-state index contributed by atoms with van der Waals surface area (Å²) >= 11 is 0.925. The molecule has 5 N–H and O–H groups in total. The van der Waals surface area contributed by atoms with Crippen molar-refractivity contribution in [3.05, 3.63) is 64.3 Å². The van der Waals surface area contributed by atoms with Gasteiger partial charge in [-0.1, -0.05) is 55.9 Å². The average molecular weight is 685 g/mol. The highest BCUT2D eigenvalue weighted by Crippen LogP contribution is 2.47. The fraction of sp³-hybridized carbons (Fsp3) is 0.600. The number of aliphatic hydroxyl groups is 2. The maximum Gasteiger partial charge on any atom is 0.405 e. The molecule has 0 saturated carbocycles. The molecule has 46 heavy (non-hydrogen) atoms. The van der Waals surface area contributed by atoms with E-state index in [9.17, 15) is 29.2 Å². The molecule has 6 atom stereocenters. The molecule has 2 heterocycles. The summed E-state index contributed by atoms with van der Waals surface area (Å²) in [6.45, 7) is 8.78. The van der Waals surface area contributed by atoms with Gasteiger partial charge in [-0.3, -0.25) is 23.2 Å². The molecule has 0 aliphatic carbocycles. The van der Waals surface area contributed by atoms with Crippen molar-refractivity contribution in [2.24, 2.45) is 17.1 Å². The number of nitrogens with one attached hydrogen (secondary N) is 1. The molecule has 1 unspecified atom stereocenters. The van der Waals surface area contributed by atoms with E-state index in [1.165, 1.54) is 13.1 Å². The molecule has 0 amide bonds. The fourth-order valence-electron chi connectivity index (χ4n) is 4.35. The largest absolute Gasteiger partial charge is 0.455 e. The van der Waals surface area contributed by atoms with Crippen LogP contribution < -0.4 is 16.5 Å². The molecule has 16 heteroatoms. The Hall–Kier alpha value is -2.46. The standard InChI is InChI=1S/C30H45N4O10PS/c1-19(2)23(31)25(36)44-24-22(43-26(30(24,6)39)34-13-12-20(3)33-28(34)38)17-42-45(40,32-16-21-10-8-7-9-11-21)41-14-15-46-27(37)29(4,5)18-35/h7-13,19,22-24,26,35,39H,14-18,31H2,1-6H3,(H,32,40)/t22-,23+,24-,26-,30-,45?/m1/s1. The Labute approximate surface area is 272 Å². The number of rotatable bonds is 16. The minimum atomic E-state index is -4.12. The maximum atomic E-state index is 14.0. The Balaban J connectivity index is 1.84. The Morgan fingerprint density at radius 3 is 2.52 bits per heavy atom. The number of hydrogen-bond acceptors (Lipinski definition) is 13. The highest BCUT2D eigenvalue weighted by molar-refractivity contribution is 8.13. The Morgan fingerprint density at radius 1 is 1.24 bits per heavy atom. The van der Waals surface area contributed by atoms with Crippen molar-refractivity contribution >= 4 is 30.6 Å². The fourth-order valence-corrected chi connectivity index (χ4v) is 6.59. The lowest BCUT2D eigenvalue weighted by molar-refractivity contribution is -0.166. The second-order valence-corrected chi connectivity index (χ2v) is 15.2. The summed E-state index contributed by atoms with van der Waals surface area (Å²) in [7, 11) is -4.12. The predicted octanol–water partition coefficient (Wildman–Crippen LogP) is 2.30. The normalized spacial score (nSPS) is 23.7. The molecule has 0 spiro atoms. The number of carbonyl (C=O) groups excluding carboxylic acids is 2. The predicted molar refractivity (Wildman–Crippen MR) is 172 cm³/mol. The van der Waals surface area contributed by atoms with E-state index in [-0.39, 0.29) is 36.5 Å². The van der Waals surface area contributed by atoms with Gasteiger partial charge in [0.15, 0.2) is 17.4 Å². The third-order valence-corrected chi connectivity index (χ3v) is 10.2. The topological polar surface area (TPSA) is 202 Å². The number of ether oxygens (including phenoxy) is 2. The summed E-state index contributed by atoms with van der Waals surface area (Å²) in [4.78, 5) is 42.0. The number of benzene rings is 1. The minimum absolute atomic E-state index is 0.0969. The molecule has 1 aromatic heterocycles. The van der Waals surface area contributed by atoms with E-state index in [2.05, 4.69) is 10.1 Å². The van der Waals surface area contributed by atoms with Gasteiger partial charge in [0.2, 0.25) is 0 Å². The summed E-state index contributed by atoms with van der Waals surface area (Å²) in [5, 5.41) is 23.6. The van der Waals surface area contributed by atoms with E-state index < -0.39 is 61.5 Å². The highest BCUT2D eigenvalue weighted by atomic mass is 32.2. The molecule has 2 aromatic rings. The molecule has 3 rings (SSSR count). The van der Waals surface area contributed by atoms with Gasteiger partial charge in [0.25, 0.3) is 0 Å². The smallest absolute Gasteiger partial charge is 0.405 e. The van der Waals surface area contributed by atoms with Gasteiger partial charge < -0.3 is 25.4 Å². The van der Waals surface area contributed by atoms with Gasteiger partial charge in [0.05, 0.1) is 25.2 Å². The van der Waals surface area contributed by atoms with Crippen LogP contribution in [0.1, 0.15) is 52.1 Å². The summed E-state index contributed by atoms with van der Waals surface area (Å²) in [6, 6.07) is 9.62. The average Bonchev–Trinajstić information content (AvgIpc) is 3.25. The second-order valence-electron chi connectivity index (χ2n) is 12.3. The maximum absolute atomic E-state index is 14.0. The van der Waals surface area contributed by atoms with Crippen LogP contribution in [0.3, 0.4) is 0 Å². The summed E-state index contributed by atoms with van der Waals surface area (Å²) in [6.07, 6.45) is -2.59. The number of esters is 1. The molecule has 256 valence electrons. The van der Waals surface area contributed by atoms with Crippen LogP contribution in [0.15, 0.2) is 47.4 Å². The van der Waals surface area contributed by atoms with Crippen molar-refractivity contribution in [1.29, 1.82) is 0 Å². The molecule has 14 nitrogen and oxygen atoms in total.